The lowest BCUT2D eigenvalue weighted by Crippen LogP contribution is -2.44. The smallest absolute Gasteiger partial charge is 0.163 e. The Morgan fingerprint density at radius 2 is 1.91 bits per heavy atom. The third kappa shape index (κ3) is 3.61. The van der Waals surface area contributed by atoms with Crippen LogP contribution in [0.1, 0.15) is 16.7 Å². The average molecular weight is 459 g/mol. The Hall–Kier alpha value is -3.43. The molecule has 3 aromatic heterocycles. The van der Waals surface area contributed by atoms with Gasteiger partial charge in [-0.1, -0.05) is 6.07 Å². The first-order valence-corrected chi connectivity index (χ1v) is 11.7. The van der Waals surface area contributed by atoms with E-state index in [1.54, 1.807) is 6.20 Å². The summed E-state index contributed by atoms with van der Waals surface area (Å²) in [6, 6.07) is 6.12. The molecule has 1 fully saturated rings. The number of pyridine rings is 1. The zero-order valence-electron chi connectivity index (χ0n) is 19.4. The molecule has 1 aromatic carbocycles. The first kappa shape index (κ1) is 21.1. The summed E-state index contributed by atoms with van der Waals surface area (Å²) < 4.78 is 15.5. The van der Waals surface area contributed by atoms with Gasteiger partial charge in [0.05, 0.1) is 11.8 Å². The summed E-state index contributed by atoms with van der Waals surface area (Å²) in [7, 11) is 2.14. The molecule has 0 radical (unpaired) electrons. The van der Waals surface area contributed by atoms with Gasteiger partial charge in [0.1, 0.15) is 28.4 Å². The average Bonchev–Trinajstić information content (AvgIpc) is 3.28. The second kappa shape index (κ2) is 8.41. The van der Waals surface area contributed by atoms with Crippen LogP contribution in [0.15, 0.2) is 30.6 Å². The molecule has 0 spiro atoms. The summed E-state index contributed by atoms with van der Waals surface area (Å²) in [5.74, 6) is 1.11. The molecule has 2 aliphatic rings. The van der Waals surface area contributed by atoms with E-state index in [1.165, 1.54) is 0 Å². The van der Waals surface area contributed by atoms with Gasteiger partial charge in [-0.05, 0) is 50.2 Å². The van der Waals surface area contributed by atoms with Crippen molar-refractivity contribution < 1.29 is 4.39 Å². The highest BCUT2D eigenvalue weighted by atomic mass is 19.1. The fraction of sp³-hybridized carbons (Fsp3) is 0.360. The van der Waals surface area contributed by atoms with Crippen LogP contribution in [0.2, 0.25) is 0 Å². The van der Waals surface area contributed by atoms with Gasteiger partial charge in [0.2, 0.25) is 0 Å². The third-order valence-corrected chi connectivity index (χ3v) is 6.90. The summed E-state index contributed by atoms with van der Waals surface area (Å²) in [6.07, 6.45) is 4.34. The molecule has 6 rings (SSSR count). The van der Waals surface area contributed by atoms with Crippen molar-refractivity contribution in [1.29, 1.82) is 0 Å². The Labute approximate surface area is 197 Å². The van der Waals surface area contributed by atoms with E-state index in [9.17, 15) is 0 Å². The normalized spacial score (nSPS) is 16.7. The molecule has 5 heterocycles. The topological polar surface area (TPSA) is 85.9 Å². The van der Waals surface area contributed by atoms with Gasteiger partial charge >= 0.3 is 0 Å². The summed E-state index contributed by atoms with van der Waals surface area (Å²) in [5, 5.41) is 10.7. The second-order valence-corrected chi connectivity index (χ2v) is 9.17. The van der Waals surface area contributed by atoms with Crippen molar-refractivity contribution in [3.63, 3.8) is 0 Å². The van der Waals surface area contributed by atoms with E-state index < -0.39 is 0 Å². The largest absolute Gasteiger partial charge is 0.354 e. The SMILES string of the molecule is Cc1cc2c(c(F)c1-c1ncc3[nH]nc(-c4ccc(N5CCN(C)CC5)nc4)c3n1)CNCC2. The fourth-order valence-corrected chi connectivity index (χ4v) is 4.89. The van der Waals surface area contributed by atoms with Gasteiger partial charge in [0, 0.05) is 50.0 Å². The van der Waals surface area contributed by atoms with Crippen LogP contribution in [0.3, 0.4) is 0 Å². The predicted octanol–water partition coefficient (Wildman–Crippen LogP) is 2.93. The standard InChI is InChI=1S/C25H27FN8/c1-15-11-16-5-6-27-13-18(16)22(26)21(15)25-29-14-19-24(30-25)23(32-31-19)17-3-4-20(28-12-17)34-9-7-33(2)8-10-34/h3-4,11-12,14,27H,5-10,13H2,1-2H3,(H,31,32). The molecule has 9 heteroatoms. The van der Waals surface area contributed by atoms with Gasteiger partial charge in [-0.25, -0.2) is 19.3 Å². The Morgan fingerprint density at radius 3 is 2.71 bits per heavy atom. The van der Waals surface area contributed by atoms with Crippen LogP contribution in [0.25, 0.3) is 33.7 Å². The van der Waals surface area contributed by atoms with Crippen LogP contribution in [0.5, 0.6) is 0 Å². The first-order valence-electron chi connectivity index (χ1n) is 11.7. The number of likely N-dealkylation sites (N-methyl/N-ethyl adjacent to an activating group) is 1. The van der Waals surface area contributed by atoms with E-state index in [-0.39, 0.29) is 5.82 Å². The minimum absolute atomic E-state index is 0.232. The number of fused-ring (bicyclic) bond motifs is 2. The highest BCUT2D eigenvalue weighted by molar-refractivity contribution is 5.90. The lowest BCUT2D eigenvalue weighted by molar-refractivity contribution is 0.312. The molecular formula is C25H27FN8. The predicted molar refractivity (Wildman–Crippen MR) is 130 cm³/mol. The monoisotopic (exact) mass is 458 g/mol. The van der Waals surface area contributed by atoms with Gasteiger partial charge in [-0.15, -0.1) is 0 Å². The molecule has 0 aliphatic carbocycles. The summed E-state index contributed by atoms with van der Waals surface area (Å²) in [5.41, 5.74) is 6.00. The van der Waals surface area contributed by atoms with Gasteiger partial charge in [-0.2, -0.15) is 5.10 Å². The molecule has 8 nitrogen and oxygen atoms in total. The lowest BCUT2D eigenvalue weighted by Gasteiger charge is -2.33. The van der Waals surface area contributed by atoms with Crippen molar-refractivity contribution in [1.82, 2.24) is 35.4 Å². The second-order valence-electron chi connectivity index (χ2n) is 9.17. The molecule has 34 heavy (non-hydrogen) atoms. The lowest BCUT2D eigenvalue weighted by atomic mass is 9.93. The van der Waals surface area contributed by atoms with Gasteiger partial charge in [-0.3, -0.25) is 5.10 Å². The number of hydrogen-bond acceptors (Lipinski definition) is 7. The number of rotatable bonds is 3. The molecule has 2 N–H and O–H groups in total. The van der Waals surface area contributed by atoms with E-state index in [4.69, 9.17) is 9.97 Å². The highest BCUT2D eigenvalue weighted by Gasteiger charge is 2.22. The summed E-state index contributed by atoms with van der Waals surface area (Å²) in [4.78, 5) is 18.5. The molecule has 0 bridgehead atoms. The first-order chi connectivity index (χ1) is 16.6. The third-order valence-electron chi connectivity index (χ3n) is 6.90. The minimum Gasteiger partial charge on any atom is -0.354 e. The van der Waals surface area contributed by atoms with Crippen LogP contribution >= 0.6 is 0 Å². The zero-order valence-corrected chi connectivity index (χ0v) is 19.4. The van der Waals surface area contributed by atoms with Crippen molar-refractivity contribution in [3.8, 4) is 22.6 Å². The van der Waals surface area contributed by atoms with Crippen molar-refractivity contribution in [3.05, 3.63) is 53.1 Å². The maximum Gasteiger partial charge on any atom is 0.163 e. The van der Waals surface area contributed by atoms with Crippen molar-refractivity contribution in [2.24, 2.45) is 0 Å². The zero-order chi connectivity index (χ0) is 23.2. The Kier molecular flexibility index (Phi) is 5.23. The summed E-state index contributed by atoms with van der Waals surface area (Å²) >= 11 is 0. The molecule has 2 aliphatic heterocycles. The molecular weight excluding hydrogens is 431 g/mol. The van der Waals surface area contributed by atoms with Crippen LogP contribution < -0.4 is 10.2 Å². The van der Waals surface area contributed by atoms with Gasteiger partial charge < -0.3 is 15.1 Å². The van der Waals surface area contributed by atoms with E-state index in [1.807, 2.05) is 25.3 Å². The van der Waals surface area contributed by atoms with E-state index in [0.29, 0.717) is 40.2 Å². The van der Waals surface area contributed by atoms with Crippen molar-refractivity contribution in [2.75, 3.05) is 44.7 Å². The number of H-pyrrole nitrogens is 1. The molecule has 0 unspecified atom stereocenters. The number of benzene rings is 1. The number of anilines is 1. The number of aryl methyl sites for hydroxylation is 1. The minimum atomic E-state index is -0.232. The van der Waals surface area contributed by atoms with Crippen LogP contribution in [-0.4, -0.2) is 69.8 Å². The maximum atomic E-state index is 15.5. The number of nitrogens with one attached hydrogen (secondary N) is 2. The van der Waals surface area contributed by atoms with Gasteiger partial charge in [0.15, 0.2) is 5.82 Å². The molecule has 0 atom stereocenters. The van der Waals surface area contributed by atoms with E-state index in [0.717, 1.165) is 61.7 Å². The molecule has 174 valence electrons. The van der Waals surface area contributed by atoms with Crippen molar-refractivity contribution >= 4 is 16.9 Å². The molecule has 1 saturated heterocycles. The number of hydrogen-bond donors (Lipinski definition) is 2. The number of aromatic amines is 1. The van der Waals surface area contributed by atoms with Crippen LogP contribution in [-0.2, 0) is 13.0 Å². The number of halogens is 1. The maximum absolute atomic E-state index is 15.5. The summed E-state index contributed by atoms with van der Waals surface area (Å²) in [6.45, 7) is 7.31. The number of piperazine rings is 1. The van der Waals surface area contributed by atoms with E-state index in [2.05, 4.69) is 43.4 Å². The Morgan fingerprint density at radius 1 is 1.06 bits per heavy atom. The van der Waals surface area contributed by atoms with E-state index >= 15 is 4.39 Å². The van der Waals surface area contributed by atoms with Crippen molar-refractivity contribution in [2.45, 2.75) is 19.9 Å². The quantitative estimate of drug-likeness (QED) is 0.488. The van der Waals surface area contributed by atoms with Crippen LogP contribution in [0, 0.1) is 12.7 Å². The van der Waals surface area contributed by atoms with Gasteiger partial charge in [0.25, 0.3) is 0 Å². The number of aromatic nitrogens is 5. The molecule has 0 saturated carbocycles. The molecule has 4 aromatic rings. The van der Waals surface area contributed by atoms with Crippen LogP contribution in [0.4, 0.5) is 10.2 Å². The fourth-order valence-electron chi connectivity index (χ4n) is 4.89. The number of nitrogens with zero attached hydrogens (tertiary/aromatic N) is 6. The molecule has 0 amide bonds. The Balaban J connectivity index is 1.37. The Bertz CT molecular complexity index is 1360. The highest BCUT2D eigenvalue weighted by Crippen LogP contribution is 2.32.